The minimum atomic E-state index is -0.994. The van der Waals surface area contributed by atoms with Gasteiger partial charge in [0.05, 0.1) is 16.6 Å². The second-order valence-corrected chi connectivity index (χ2v) is 5.77. The Bertz CT molecular complexity index is 804. The third kappa shape index (κ3) is 2.79. The summed E-state index contributed by atoms with van der Waals surface area (Å²) < 4.78 is 31.6. The van der Waals surface area contributed by atoms with E-state index in [-0.39, 0.29) is 10.3 Å². The highest BCUT2D eigenvalue weighted by Gasteiger charge is 2.17. The average Bonchev–Trinajstić information content (AvgIpc) is 3.06. The average molecular weight is 373 g/mol. The lowest BCUT2D eigenvalue weighted by Crippen LogP contribution is -1.92. The van der Waals surface area contributed by atoms with E-state index in [9.17, 15) is 8.78 Å². The molecule has 3 rings (SSSR count). The number of anilines is 1. The maximum atomic E-state index is 13.5. The lowest BCUT2D eigenvalue weighted by molar-refractivity contribution is 0.385. The molecule has 3 aromatic rings. The SMILES string of the molecule is Nc1nc(Cc2nc(-c3ccc(F)c(F)c3Br)no2)cs1. The molecule has 0 aliphatic heterocycles. The second-order valence-electron chi connectivity index (χ2n) is 4.09. The van der Waals surface area contributed by atoms with E-state index in [1.54, 1.807) is 5.38 Å². The Balaban J connectivity index is 1.90. The molecular weight excluding hydrogens is 366 g/mol. The summed E-state index contributed by atoms with van der Waals surface area (Å²) in [4.78, 5) is 8.22. The van der Waals surface area contributed by atoms with Crippen LogP contribution in [0.1, 0.15) is 11.6 Å². The van der Waals surface area contributed by atoms with Gasteiger partial charge in [0.15, 0.2) is 16.8 Å². The molecule has 0 spiro atoms. The molecular formula is C12H7BrF2N4OS. The van der Waals surface area contributed by atoms with E-state index in [1.165, 1.54) is 17.4 Å². The van der Waals surface area contributed by atoms with Crippen molar-refractivity contribution in [3.8, 4) is 11.4 Å². The summed E-state index contributed by atoms with van der Waals surface area (Å²) in [6, 6.07) is 2.38. The Morgan fingerprint density at radius 2 is 2.10 bits per heavy atom. The Hall–Kier alpha value is -1.87. The maximum absolute atomic E-state index is 13.5. The number of hydrogen-bond acceptors (Lipinski definition) is 6. The zero-order chi connectivity index (χ0) is 15.0. The Morgan fingerprint density at radius 1 is 1.29 bits per heavy atom. The van der Waals surface area contributed by atoms with Crippen LogP contribution >= 0.6 is 27.3 Å². The lowest BCUT2D eigenvalue weighted by Gasteiger charge is -2.00. The molecule has 0 radical (unpaired) electrons. The molecule has 2 aromatic heterocycles. The van der Waals surface area contributed by atoms with Gasteiger partial charge in [-0.3, -0.25) is 0 Å². The number of hydrogen-bond donors (Lipinski definition) is 1. The highest BCUT2D eigenvalue weighted by atomic mass is 79.9. The Labute approximate surface area is 129 Å². The zero-order valence-corrected chi connectivity index (χ0v) is 12.7. The van der Waals surface area contributed by atoms with Crippen LogP contribution in [-0.4, -0.2) is 15.1 Å². The van der Waals surface area contributed by atoms with Crippen LogP contribution in [-0.2, 0) is 6.42 Å². The van der Waals surface area contributed by atoms with Gasteiger partial charge >= 0.3 is 0 Å². The third-order valence-corrected chi connectivity index (χ3v) is 4.14. The van der Waals surface area contributed by atoms with E-state index in [2.05, 4.69) is 31.1 Å². The number of rotatable bonds is 3. The predicted octanol–water partition coefficient (Wildman–Crippen LogP) is 3.41. The first-order valence-corrected chi connectivity index (χ1v) is 7.38. The largest absolute Gasteiger partial charge is 0.375 e. The summed E-state index contributed by atoms with van der Waals surface area (Å²) in [5, 5.41) is 6.00. The van der Waals surface area contributed by atoms with Crippen LogP contribution in [0.2, 0.25) is 0 Å². The van der Waals surface area contributed by atoms with Crippen molar-refractivity contribution in [2.45, 2.75) is 6.42 Å². The lowest BCUT2D eigenvalue weighted by atomic mass is 10.2. The van der Waals surface area contributed by atoms with Crippen molar-refractivity contribution in [3.05, 3.63) is 45.2 Å². The predicted molar refractivity (Wildman–Crippen MR) is 76.7 cm³/mol. The molecule has 9 heteroatoms. The molecule has 2 heterocycles. The first-order valence-electron chi connectivity index (χ1n) is 5.71. The molecule has 0 saturated carbocycles. The highest BCUT2D eigenvalue weighted by molar-refractivity contribution is 9.10. The fourth-order valence-corrected chi connectivity index (χ4v) is 2.76. The molecule has 1 aromatic carbocycles. The van der Waals surface area contributed by atoms with E-state index in [0.717, 1.165) is 6.07 Å². The number of nitrogens with two attached hydrogens (primary N) is 1. The van der Waals surface area contributed by atoms with Crippen LogP contribution in [0.5, 0.6) is 0 Å². The van der Waals surface area contributed by atoms with Crippen molar-refractivity contribution in [1.29, 1.82) is 0 Å². The van der Waals surface area contributed by atoms with E-state index in [4.69, 9.17) is 10.3 Å². The van der Waals surface area contributed by atoms with Gasteiger partial charge in [0, 0.05) is 10.9 Å². The topological polar surface area (TPSA) is 77.8 Å². The van der Waals surface area contributed by atoms with Crippen molar-refractivity contribution in [2.24, 2.45) is 0 Å². The Kier molecular flexibility index (Phi) is 3.68. The number of nitrogens with zero attached hydrogens (tertiary/aromatic N) is 3. The van der Waals surface area contributed by atoms with Gasteiger partial charge in [-0.05, 0) is 28.1 Å². The monoisotopic (exact) mass is 372 g/mol. The minimum Gasteiger partial charge on any atom is -0.375 e. The summed E-state index contributed by atoms with van der Waals surface area (Å²) in [5.41, 5.74) is 6.55. The van der Waals surface area contributed by atoms with Gasteiger partial charge in [-0.15, -0.1) is 11.3 Å². The number of halogens is 3. The van der Waals surface area contributed by atoms with Crippen LogP contribution in [0.4, 0.5) is 13.9 Å². The smallest absolute Gasteiger partial charge is 0.233 e. The van der Waals surface area contributed by atoms with Gasteiger partial charge in [-0.1, -0.05) is 5.16 Å². The van der Waals surface area contributed by atoms with Crippen molar-refractivity contribution < 1.29 is 13.3 Å². The van der Waals surface area contributed by atoms with Crippen LogP contribution < -0.4 is 5.73 Å². The first kappa shape index (κ1) is 14.1. The quantitative estimate of drug-likeness (QED) is 0.712. The zero-order valence-electron chi connectivity index (χ0n) is 10.3. The van der Waals surface area contributed by atoms with E-state index in [1.807, 2.05) is 0 Å². The van der Waals surface area contributed by atoms with Gasteiger partial charge in [0.1, 0.15) is 0 Å². The molecule has 108 valence electrons. The van der Waals surface area contributed by atoms with E-state index < -0.39 is 11.6 Å². The molecule has 0 amide bonds. The normalized spacial score (nSPS) is 11.0. The molecule has 5 nitrogen and oxygen atoms in total. The molecule has 2 N–H and O–H groups in total. The highest BCUT2D eigenvalue weighted by Crippen LogP contribution is 2.30. The molecule has 0 fully saturated rings. The van der Waals surface area contributed by atoms with Gasteiger partial charge < -0.3 is 10.3 Å². The van der Waals surface area contributed by atoms with Gasteiger partial charge in [-0.2, -0.15) is 4.98 Å². The van der Waals surface area contributed by atoms with Crippen molar-refractivity contribution in [1.82, 2.24) is 15.1 Å². The van der Waals surface area contributed by atoms with Crippen LogP contribution in [0, 0.1) is 11.6 Å². The number of thiazole rings is 1. The molecule has 0 aliphatic rings. The van der Waals surface area contributed by atoms with E-state index in [0.29, 0.717) is 28.7 Å². The third-order valence-electron chi connectivity index (χ3n) is 2.65. The van der Waals surface area contributed by atoms with Crippen LogP contribution in [0.15, 0.2) is 26.5 Å². The summed E-state index contributed by atoms with van der Waals surface area (Å²) in [7, 11) is 0. The van der Waals surface area contributed by atoms with Crippen LogP contribution in [0.3, 0.4) is 0 Å². The van der Waals surface area contributed by atoms with Gasteiger partial charge in [0.25, 0.3) is 0 Å². The molecule has 0 aliphatic carbocycles. The van der Waals surface area contributed by atoms with Gasteiger partial charge in [0.2, 0.25) is 11.7 Å². The standard InChI is InChI=1S/C12H7BrF2N4OS/c13-9-6(1-2-7(14)10(9)15)11-18-8(20-19-11)3-5-4-21-12(16)17-5/h1-2,4H,3H2,(H2,16,17). The molecule has 0 atom stereocenters. The number of benzene rings is 1. The van der Waals surface area contributed by atoms with Crippen molar-refractivity contribution in [2.75, 3.05) is 5.73 Å². The fraction of sp³-hybridized carbons (Fsp3) is 0.0833. The van der Waals surface area contributed by atoms with E-state index >= 15 is 0 Å². The summed E-state index contributed by atoms with van der Waals surface area (Å²) in [5.74, 6) is -1.47. The number of aromatic nitrogens is 3. The summed E-state index contributed by atoms with van der Waals surface area (Å²) >= 11 is 4.29. The molecule has 0 unspecified atom stereocenters. The summed E-state index contributed by atoms with van der Waals surface area (Å²) in [6.07, 6.45) is 0.321. The number of nitrogen functional groups attached to an aromatic ring is 1. The minimum absolute atomic E-state index is 0.0484. The second kappa shape index (κ2) is 5.49. The van der Waals surface area contributed by atoms with Crippen molar-refractivity contribution >= 4 is 32.4 Å². The molecule has 0 saturated heterocycles. The Morgan fingerprint density at radius 3 is 2.81 bits per heavy atom. The van der Waals surface area contributed by atoms with Gasteiger partial charge in [-0.25, -0.2) is 13.8 Å². The fourth-order valence-electron chi connectivity index (χ4n) is 1.69. The molecule has 0 bridgehead atoms. The summed E-state index contributed by atoms with van der Waals surface area (Å²) in [6.45, 7) is 0. The van der Waals surface area contributed by atoms with Crippen molar-refractivity contribution in [3.63, 3.8) is 0 Å². The maximum Gasteiger partial charge on any atom is 0.233 e. The molecule has 21 heavy (non-hydrogen) atoms. The van der Waals surface area contributed by atoms with Crippen LogP contribution in [0.25, 0.3) is 11.4 Å². The first-order chi connectivity index (χ1) is 10.0.